The number of esters is 2. The van der Waals surface area contributed by atoms with E-state index < -0.39 is 32.5 Å². The van der Waals surface area contributed by atoms with Gasteiger partial charge < -0.3 is 19.3 Å². The van der Waals surface area contributed by atoms with Gasteiger partial charge in [-0.15, -0.1) is 0 Å². The minimum Gasteiger partial charge on any atom is -0.462 e. The fourth-order valence-electron chi connectivity index (χ4n) is 4.49. The van der Waals surface area contributed by atoms with Crippen LogP contribution in [0.15, 0.2) is 0 Å². The molecule has 9 heteroatoms. The molecule has 0 aromatic rings. The van der Waals surface area contributed by atoms with Crippen LogP contribution in [0, 0.1) is 0 Å². The fourth-order valence-corrected chi connectivity index (χ4v) is 4.85. The van der Waals surface area contributed by atoms with Gasteiger partial charge in [-0.3, -0.25) is 14.1 Å². The summed E-state index contributed by atoms with van der Waals surface area (Å²) in [6.07, 6.45) is 24.0. The lowest BCUT2D eigenvalue weighted by Gasteiger charge is -2.18. The molecule has 0 spiro atoms. The van der Waals surface area contributed by atoms with Crippen molar-refractivity contribution in [1.82, 2.24) is 0 Å². The molecular weight excluding hydrogens is 519 g/mol. The predicted molar refractivity (Wildman–Crippen MR) is 156 cm³/mol. The maximum Gasteiger partial charge on any atom is 0.469 e. The average Bonchev–Trinajstić information content (AvgIpc) is 2.89. The number of rotatable bonds is 29. The molecule has 0 bridgehead atoms. The molecule has 0 fully saturated rings. The number of ether oxygens (including phenoxy) is 2. The standard InChI is InChI=1S/C30H59O8P/c1-3-5-7-9-11-13-15-17-19-21-23-25-30(32)38-28(27-37-39(33,34)35)26-36-29(31)24-22-20-18-16-14-12-10-8-6-4-2/h28H,3-27H2,1-2H3,(H2,33,34,35)/t28-/m1/s1. The monoisotopic (exact) mass is 578 g/mol. The molecule has 0 aliphatic rings. The highest BCUT2D eigenvalue weighted by Crippen LogP contribution is 2.35. The van der Waals surface area contributed by atoms with Crippen molar-refractivity contribution < 1.29 is 37.9 Å². The lowest BCUT2D eigenvalue weighted by Crippen LogP contribution is -2.29. The minimum atomic E-state index is -4.73. The molecule has 0 aliphatic carbocycles. The van der Waals surface area contributed by atoms with E-state index in [2.05, 4.69) is 18.4 Å². The topological polar surface area (TPSA) is 119 Å². The molecule has 0 unspecified atom stereocenters. The summed E-state index contributed by atoms with van der Waals surface area (Å²) in [7, 11) is -4.73. The molecule has 0 aliphatic heterocycles. The Morgan fingerprint density at radius 1 is 0.564 bits per heavy atom. The Morgan fingerprint density at radius 2 is 0.923 bits per heavy atom. The summed E-state index contributed by atoms with van der Waals surface area (Å²) in [4.78, 5) is 42.3. The summed E-state index contributed by atoms with van der Waals surface area (Å²) in [5.74, 6) is -0.881. The number of carbonyl (C=O) groups excluding carboxylic acids is 2. The molecule has 8 nitrogen and oxygen atoms in total. The van der Waals surface area contributed by atoms with Crippen molar-refractivity contribution in [3.05, 3.63) is 0 Å². The zero-order valence-corrected chi connectivity index (χ0v) is 25.9. The third-order valence-electron chi connectivity index (χ3n) is 6.88. The number of carbonyl (C=O) groups is 2. The first kappa shape index (κ1) is 38.0. The Balaban J connectivity index is 4.03. The summed E-state index contributed by atoms with van der Waals surface area (Å²) in [6, 6.07) is 0. The van der Waals surface area contributed by atoms with Gasteiger partial charge in [0, 0.05) is 12.8 Å². The van der Waals surface area contributed by atoms with Gasteiger partial charge in [0.1, 0.15) is 6.61 Å². The van der Waals surface area contributed by atoms with Gasteiger partial charge in [0.15, 0.2) is 6.10 Å². The first-order chi connectivity index (χ1) is 18.8. The smallest absolute Gasteiger partial charge is 0.462 e. The second-order valence-corrected chi connectivity index (χ2v) is 12.0. The van der Waals surface area contributed by atoms with Crippen LogP contribution >= 0.6 is 7.82 Å². The largest absolute Gasteiger partial charge is 0.469 e. The number of phosphoric ester groups is 1. The maximum absolute atomic E-state index is 12.2. The molecule has 0 aromatic carbocycles. The molecule has 0 rings (SSSR count). The van der Waals surface area contributed by atoms with E-state index >= 15 is 0 Å². The van der Waals surface area contributed by atoms with Gasteiger partial charge in [0.25, 0.3) is 0 Å². The zero-order chi connectivity index (χ0) is 29.0. The molecule has 0 radical (unpaired) electrons. The van der Waals surface area contributed by atoms with Crippen LogP contribution < -0.4 is 0 Å². The van der Waals surface area contributed by atoms with Gasteiger partial charge in [-0.1, -0.05) is 136 Å². The van der Waals surface area contributed by atoms with Crippen molar-refractivity contribution >= 4 is 19.8 Å². The Bertz CT molecular complexity index is 622. The van der Waals surface area contributed by atoms with Crippen LogP contribution in [0.25, 0.3) is 0 Å². The Labute approximate surface area is 238 Å². The molecule has 2 N–H and O–H groups in total. The van der Waals surface area contributed by atoms with Crippen LogP contribution in [0.5, 0.6) is 0 Å². The van der Waals surface area contributed by atoms with Crippen molar-refractivity contribution in [2.75, 3.05) is 13.2 Å². The summed E-state index contributed by atoms with van der Waals surface area (Å²) >= 11 is 0. The SMILES string of the molecule is CCCCCCCCCCCCCC(=O)O[C@H](COC(=O)CCCCCCCCCCCC)COP(=O)(O)O. The van der Waals surface area contributed by atoms with E-state index in [1.54, 1.807) is 0 Å². The summed E-state index contributed by atoms with van der Waals surface area (Å²) < 4.78 is 26.1. The van der Waals surface area contributed by atoms with E-state index in [0.717, 1.165) is 38.5 Å². The molecule has 232 valence electrons. The third-order valence-corrected chi connectivity index (χ3v) is 7.36. The fraction of sp³-hybridized carbons (Fsp3) is 0.933. The quantitative estimate of drug-likeness (QED) is 0.0514. The van der Waals surface area contributed by atoms with Crippen molar-refractivity contribution in [2.45, 2.75) is 168 Å². The van der Waals surface area contributed by atoms with E-state index in [4.69, 9.17) is 19.3 Å². The lowest BCUT2D eigenvalue weighted by molar-refractivity contribution is -0.161. The highest BCUT2D eigenvalue weighted by molar-refractivity contribution is 7.46. The number of unbranched alkanes of at least 4 members (excludes halogenated alkanes) is 19. The number of phosphoric acid groups is 1. The van der Waals surface area contributed by atoms with Gasteiger partial charge in [-0.2, -0.15) is 0 Å². The molecule has 39 heavy (non-hydrogen) atoms. The van der Waals surface area contributed by atoms with E-state index in [-0.39, 0.29) is 19.4 Å². The highest BCUT2D eigenvalue weighted by atomic mass is 31.2. The number of hydrogen-bond donors (Lipinski definition) is 2. The van der Waals surface area contributed by atoms with Crippen LogP contribution in [0.2, 0.25) is 0 Å². The van der Waals surface area contributed by atoms with E-state index in [9.17, 15) is 14.2 Å². The zero-order valence-electron chi connectivity index (χ0n) is 25.0. The summed E-state index contributed by atoms with van der Waals surface area (Å²) in [6.45, 7) is 3.64. The second-order valence-electron chi connectivity index (χ2n) is 10.8. The molecule has 0 saturated carbocycles. The molecule has 1 atom stereocenters. The molecule has 0 heterocycles. The minimum absolute atomic E-state index is 0.218. The van der Waals surface area contributed by atoms with Crippen molar-refractivity contribution in [3.8, 4) is 0 Å². The van der Waals surface area contributed by atoms with Gasteiger partial charge in [-0.25, -0.2) is 4.57 Å². The summed E-state index contributed by atoms with van der Waals surface area (Å²) in [5, 5.41) is 0. The number of hydrogen-bond acceptors (Lipinski definition) is 6. The first-order valence-electron chi connectivity index (χ1n) is 15.8. The van der Waals surface area contributed by atoms with Crippen molar-refractivity contribution in [3.63, 3.8) is 0 Å². The molecular formula is C30H59O8P. The van der Waals surface area contributed by atoms with Crippen molar-refractivity contribution in [2.24, 2.45) is 0 Å². The highest BCUT2D eigenvalue weighted by Gasteiger charge is 2.22. The lowest BCUT2D eigenvalue weighted by atomic mass is 10.1. The van der Waals surface area contributed by atoms with Crippen LogP contribution in [-0.4, -0.2) is 41.0 Å². The van der Waals surface area contributed by atoms with E-state index in [0.29, 0.717) is 6.42 Å². The Hall–Kier alpha value is -0.950. The van der Waals surface area contributed by atoms with Crippen LogP contribution in [0.3, 0.4) is 0 Å². The Morgan fingerprint density at radius 3 is 1.31 bits per heavy atom. The van der Waals surface area contributed by atoms with Gasteiger partial charge >= 0.3 is 19.8 Å². The average molecular weight is 579 g/mol. The molecule has 0 saturated heterocycles. The maximum atomic E-state index is 12.2. The second kappa shape index (κ2) is 27.2. The van der Waals surface area contributed by atoms with Crippen molar-refractivity contribution in [1.29, 1.82) is 0 Å². The van der Waals surface area contributed by atoms with Crippen LogP contribution in [0.4, 0.5) is 0 Å². The van der Waals surface area contributed by atoms with Gasteiger partial charge in [0.2, 0.25) is 0 Å². The third kappa shape index (κ3) is 29.8. The normalized spacial score (nSPS) is 12.4. The van der Waals surface area contributed by atoms with Crippen LogP contribution in [-0.2, 0) is 28.2 Å². The van der Waals surface area contributed by atoms with E-state index in [1.165, 1.54) is 89.9 Å². The Kier molecular flexibility index (Phi) is 26.6. The predicted octanol–water partition coefficient (Wildman–Crippen LogP) is 8.56. The van der Waals surface area contributed by atoms with Gasteiger partial charge in [0.05, 0.1) is 6.61 Å². The molecule has 0 amide bonds. The van der Waals surface area contributed by atoms with E-state index in [1.807, 2.05) is 0 Å². The molecule has 0 aromatic heterocycles. The summed E-state index contributed by atoms with van der Waals surface area (Å²) in [5.41, 5.74) is 0. The van der Waals surface area contributed by atoms with Crippen LogP contribution in [0.1, 0.15) is 162 Å². The van der Waals surface area contributed by atoms with Gasteiger partial charge in [-0.05, 0) is 12.8 Å². The first-order valence-corrected chi connectivity index (χ1v) is 17.4.